The quantitative estimate of drug-likeness (QED) is 0.382. The summed E-state index contributed by atoms with van der Waals surface area (Å²) in [6.45, 7) is 6.46. The smallest absolute Gasteiger partial charge is 0.264 e. The molecule has 3 rings (SSSR count). The average molecular weight is 560 g/mol. The number of halogens is 2. The molecule has 0 heterocycles. The fourth-order valence-corrected chi connectivity index (χ4v) is 5.29. The maximum absolute atomic E-state index is 13.8. The normalized spacial score (nSPS) is 12.2. The molecular formula is C28H31ClFN3O4S. The van der Waals surface area contributed by atoms with Crippen molar-refractivity contribution in [3.63, 3.8) is 0 Å². The van der Waals surface area contributed by atoms with Crippen LogP contribution < -0.4 is 9.62 Å². The predicted molar refractivity (Wildman–Crippen MR) is 147 cm³/mol. The third-order valence-electron chi connectivity index (χ3n) is 5.87. The third kappa shape index (κ3) is 7.33. The fourth-order valence-electron chi connectivity index (χ4n) is 3.75. The van der Waals surface area contributed by atoms with Crippen molar-refractivity contribution in [2.75, 3.05) is 10.8 Å². The molecule has 0 saturated heterocycles. The van der Waals surface area contributed by atoms with Crippen molar-refractivity contribution < 1.29 is 22.4 Å². The highest BCUT2D eigenvalue weighted by Gasteiger charge is 2.32. The lowest BCUT2D eigenvalue weighted by atomic mass is 10.1. The van der Waals surface area contributed by atoms with Gasteiger partial charge in [-0.25, -0.2) is 12.8 Å². The summed E-state index contributed by atoms with van der Waals surface area (Å²) in [5.41, 5.74) is 1.80. The van der Waals surface area contributed by atoms with E-state index in [1.807, 2.05) is 6.92 Å². The van der Waals surface area contributed by atoms with Crippen LogP contribution in [0.25, 0.3) is 0 Å². The zero-order valence-electron chi connectivity index (χ0n) is 21.7. The van der Waals surface area contributed by atoms with Crippen molar-refractivity contribution in [3.8, 4) is 0 Å². The molecule has 3 aromatic carbocycles. The van der Waals surface area contributed by atoms with Gasteiger partial charge in [-0.1, -0.05) is 41.4 Å². The second kappa shape index (κ2) is 12.4. The van der Waals surface area contributed by atoms with Crippen LogP contribution in [0.4, 0.5) is 10.1 Å². The topological polar surface area (TPSA) is 86.8 Å². The van der Waals surface area contributed by atoms with E-state index in [2.05, 4.69) is 5.32 Å². The molecule has 0 radical (unpaired) electrons. The largest absolute Gasteiger partial charge is 0.352 e. The van der Waals surface area contributed by atoms with Gasteiger partial charge in [0, 0.05) is 17.6 Å². The number of nitrogens with zero attached hydrogens (tertiary/aromatic N) is 2. The van der Waals surface area contributed by atoms with Crippen LogP contribution in [0, 0.1) is 12.7 Å². The van der Waals surface area contributed by atoms with Gasteiger partial charge in [-0.3, -0.25) is 13.9 Å². The van der Waals surface area contributed by atoms with Crippen LogP contribution in [0.15, 0.2) is 77.7 Å². The SMILES string of the molecule is Cc1ccc(N(CC(=O)N(Cc2ccc(F)cc2)[C@H](C)C(=O)NC(C)C)S(=O)(=O)c2ccc(Cl)cc2)cc1. The molecule has 1 N–H and O–H groups in total. The van der Waals surface area contributed by atoms with E-state index < -0.39 is 40.2 Å². The first kappa shape index (κ1) is 29.1. The second-order valence-corrected chi connectivity index (χ2v) is 11.6. The van der Waals surface area contributed by atoms with Crippen LogP contribution in [0.5, 0.6) is 0 Å². The number of carbonyl (C=O) groups is 2. The van der Waals surface area contributed by atoms with E-state index in [9.17, 15) is 22.4 Å². The van der Waals surface area contributed by atoms with Gasteiger partial charge in [-0.2, -0.15) is 0 Å². The molecule has 0 aliphatic heterocycles. The van der Waals surface area contributed by atoms with Crippen molar-refractivity contribution >= 4 is 39.1 Å². The molecular weight excluding hydrogens is 529 g/mol. The van der Waals surface area contributed by atoms with Gasteiger partial charge in [-0.05, 0) is 81.8 Å². The molecule has 0 aliphatic rings. The van der Waals surface area contributed by atoms with Gasteiger partial charge in [0.2, 0.25) is 11.8 Å². The minimum atomic E-state index is -4.18. The van der Waals surface area contributed by atoms with Crippen LogP contribution in [0.3, 0.4) is 0 Å². The van der Waals surface area contributed by atoms with Gasteiger partial charge >= 0.3 is 0 Å². The molecule has 0 spiro atoms. The summed E-state index contributed by atoms with van der Waals surface area (Å²) in [5, 5.41) is 3.16. The Hall–Kier alpha value is -3.43. The molecule has 3 aromatic rings. The van der Waals surface area contributed by atoms with Gasteiger partial charge in [0.1, 0.15) is 18.4 Å². The molecule has 38 heavy (non-hydrogen) atoms. The van der Waals surface area contributed by atoms with Crippen molar-refractivity contribution in [1.82, 2.24) is 10.2 Å². The van der Waals surface area contributed by atoms with E-state index in [1.165, 1.54) is 53.4 Å². The average Bonchev–Trinajstić information content (AvgIpc) is 2.87. The lowest BCUT2D eigenvalue weighted by molar-refractivity contribution is -0.139. The summed E-state index contributed by atoms with van der Waals surface area (Å²) in [7, 11) is -4.18. The predicted octanol–water partition coefficient (Wildman–Crippen LogP) is 4.92. The third-order valence-corrected chi connectivity index (χ3v) is 7.91. The summed E-state index contributed by atoms with van der Waals surface area (Å²) in [4.78, 5) is 27.9. The molecule has 0 fully saturated rings. The van der Waals surface area contributed by atoms with Crippen LogP contribution in [0.1, 0.15) is 31.9 Å². The second-order valence-electron chi connectivity index (χ2n) is 9.29. The minimum Gasteiger partial charge on any atom is -0.352 e. The number of hydrogen-bond acceptors (Lipinski definition) is 4. The molecule has 0 aliphatic carbocycles. The first-order chi connectivity index (χ1) is 17.9. The minimum absolute atomic E-state index is 0.0193. The van der Waals surface area contributed by atoms with Gasteiger partial charge in [0.15, 0.2) is 0 Å². The lowest BCUT2D eigenvalue weighted by Crippen LogP contribution is -2.52. The first-order valence-corrected chi connectivity index (χ1v) is 13.9. The highest BCUT2D eigenvalue weighted by Crippen LogP contribution is 2.26. The van der Waals surface area contributed by atoms with E-state index in [0.717, 1.165) is 9.87 Å². The standard InChI is InChI=1S/C28H31ClFN3O4S/c1-19(2)31-28(35)21(4)32(17-22-7-11-24(30)12-8-22)27(34)18-33(25-13-5-20(3)6-14-25)38(36,37)26-15-9-23(29)10-16-26/h5-16,19,21H,17-18H2,1-4H3,(H,31,35)/t21-/m1/s1. The van der Waals surface area contributed by atoms with Crippen LogP contribution in [0.2, 0.25) is 5.02 Å². The highest BCUT2D eigenvalue weighted by atomic mass is 35.5. The molecule has 7 nitrogen and oxygen atoms in total. The van der Waals surface area contributed by atoms with E-state index in [4.69, 9.17) is 11.6 Å². The van der Waals surface area contributed by atoms with Crippen molar-refractivity contribution in [2.24, 2.45) is 0 Å². The van der Waals surface area contributed by atoms with Crippen LogP contribution in [-0.2, 0) is 26.2 Å². The van der Waals surface area contributed by atoms with Gasteiger partial charge in [0.05, 0.1) is 10.6 Å². The summed E-state index contributed by atoms with van der Waals surface area (Å²) >= 11 is 5.96. The number of sulfonamides is 1. The summed E-state index contributed by atoms with van der Waals surface area (Å²) in [6.07, 6.45) is 0. The van der Waals surface area contributed by atoms with Crippen LogP contribution >= 0.6 is 11.6 Å². The monoisotopic (exact) mass is 559 g/mol. The highest BCUT2D eigenvalue weighted by molar-refractivity contribution is 7.92. The van der Waals surface area contributed by atoms with E-state index in [-0.39, 0.29) is 17.5 Å². The lowest BCUT2D eigenvalue weighted by Gasteiger charge is -2.32. The molecule has 202 valence electrons. The molecule has 0 unspecified atom stereocenters. The summed E-state index contributed by atoms with van der Waals surface area (Å²) in [6, 6.07) is 16.9. The van der Waals surface area contributed by atoms with E-state index >= 15 is 0 Å². The maximum Gasteiger partial charge on any atom is 0.264 e. The Morgan fingerprint density at radius 3 is 2.05 bits per heavy atom. The van der Waals surface area contributed by atoms with Crippen molar-refractivity contribution in [3.05, 3.63) is 94.8 Å². The number of aryl methyl sites for hydroxylation is 1. The van der Waals surface area contributed by atoms with Crippen molar-refractivity contribution in [1.29, 1.82) is 0 Å². The van der Waals surface area contributed by atoms with Crippen molar-refractivity contribution in [2.45, 2.75) is 51.2 Å². The molecule has 10 heteroatoms. The Morgan fingerprint density at radius 2 is 1.50 bits per heavy atom. The van der Waals surface area contributed by atoms with E-state index in [0.29, 0.717) is 16.3 Å². The number of nitrogens with one attached hydrogen (secondary N) is 1. The molecule has 0 saturated carbocycles. The Morgan fingerprint density at radius 1 is 0.921 bits per heavy atom. The zero-order valence-corrected chi connectivity index (χ0v) is 23.3. The molecule has 2 amide bonds. The Labute approximate surface area is 228 Å². The number of rotatable bonds is 10. The van der Waals surface area contributed by atoms with Gasteiger partial charge < -0.3 is 10.2 Å². The molecule has 0 bridgehead atoms. The number of anilines is 1. The number of amides is 2. The fraction of sp³-hybridized carbons (Fsp3) is 0.286. The van der Waals surface area contributed by atoms with Crippen LogP contribution in [-0.4, -0.2) is 43.8 Å². The summed E-state index contributed by atoms with van der Waals surface area (Å²) < 4.78 is 42.0. The van der Waals surface area contributed by atoms with Gasteiger partial charge in [-0.15, -0.1) is 0 Å². The molecule has 1 atom stereocenters. The number of hydrogen-bond donors (Lipinski definition) is 1. The van der Waals surface area contributed by atoms with E-state index in [1.54, 1.807) is 45.0 Å². The number of benzene rings is 3. The zero-order chi connectivity index (χ0) is 28.0. The Balaban J connectivity index is 2.02. The maximum atomic E-state index is 13.8. The van der Waals surface area contributed by atoms with Gasteiger partial charge in [0.25, 0.3) is 10.0 Å². The number of carbonyl (C=O) groups excluding carboxylic acids is 2. The first-order valence-electron chi connectivity index (χ1n) is 12.1. The Kier molecular flexibility index (Phi) is 9.51. The molecule has 0 aromatic heterocycles. The summed E-state index contributed by atoms with van der Waals surface area (Å²) in [5.74, 6) is -1.42. The Bertz CT molecular complexity index is 1360.